The van der Waals surface area contributed by atoms with E-state index < -0.39 is 6.04 Å². The molecule has 9 heteroatoms. The fourth-order valence-electron chi connectivity index (χ4n) is 4.30. The Balaban J connectivity index is 1.46. The lowest BCUT2D eigenvalue weighted by Gasteiger charge is -2.28. The molecule has 1 saturated heterocycles. The number of aromatic nitrogens is 2. The molecule has 0 radical (unpaired) electrons. The van der Waals surface area contributed by atoms with Crippen molar-refractivity contribution in [3.05, 3.63) is 45.4 Å². The summed E-state index contributed by atoms with van der Waals surface area (Å²) in [5.74, 6) is 2.61. The second-order valence-electron chi connectivity index (χ2n) is 7.63. The Kier molecular flexibility index (Phi) is 4.85. The first-order valence-electron chi connectivity index (χ1n) is 10.1. The summed E-state index contributed by atoms with van der Waals surface area (Å²) in [6.07, 6.45) is 2.74. The van der Waals surface area contributed by atoms with Crippen molar-refractivity contribution in [1.29, 1.82) is 0 Å². The summed E-state index contributed by atoms with van der Waals surface area (Å²) in [4.78, 5) is 27.8. The van der Waals surface area contributed by atoms with E-state index >= 15 is 0 Å². The third kappa shape index (κ3) is 3.12. The van der Waals surface area contributed by atoms with Gasteiger partial charge in [0.2, 0.25) is 12.7 Å². The third-order valence-corrected chi connectivity index (χ3v) is 7.11. The Morgan fingerprint density at radius 2 is 2.07 bits per heavy atom. The summed E-state index contributed by atoms with van der Waals surface area (Å²) in [6, 6.07) is 4.64. The van der Waals surface area contributed by atoms with Crippen LogP contribution in [0.2, 0.25) is 0 Å². The standard InChI is InChI=1S/C21H23N3O5S/c1-12(24-19(25)8-13-4-3-5-15(13)22-24)20(26)23-6-7-30-21(23)14-9-17-18(29-11-28-17)10-16(14)27-2/h8-10,12,21H,3-7,11H2,1-2H3. The number of aryl methyl sites for hydroxylation is 2. The number of rotatable bonds is 4. The van der Waals surface area contributed by atoms with E-state index in [0.717, 1.165) is 41.8 Å². The number of fused-ring (bicyclic) bond motifs is 2. The highest BCUT2D eigenvalue weighted by atomic mass is 32.2. The van der Waals surface area contributed by atoms with Crippen molar-refractivity contribution in [2.75, 3.05) is 26.2 Å². The van der Waals surface area contributed by atoms with Gasteiger partial charge < -0.3 is 19.1 Å². The molecule has 2 atom stereocenters. The van der Waals surface area contributed by atoms with Gasteiger partial charge in [-0.3, -0.25) is 9.59 Å². The molecule has 8 nitrogen and oxygen atoms in total. The van der Waals surface area contributed by atoms with Crippen molar-refractivity contribution >= 4 is 17.7 Å². The van der Waals surface area contributed by atoms with E-state index in [4.69, 9.17) is 14.2 Å². The van der Waals surface area contributed by atoms with Crippen molar-refractivity contribution in [3.8, 4) is 17.2 Å². The summed E-state index contributed by atoms with van der Waals surface area (Å²) in [7, 11) is 1.60. The monoisotopic (exact) mass is 429 g/mol. The maximum absolute atomic E-state index is 13.4. The van der Waals surface area contributed by atoms with Gasteiger partial charge in [0, 0.05) is 30.0 Å². The highest BCUT2D eigenvalue weighted by molar-refractivity contribution is 7.99. The van der Waals surface area contributed by atoms with Gasteiger partial charge in [0.15, 0.2) is 11.5 Å². The summed E-state index contributed by atoms with van der Waals surface area (Å²) in [5.41, 5.74) is 2.58. The lowest BCUT2D eigenvalue weighted by atomic mass is 10.1. The maximum atomic E-state index is 13.4. The molecule has 1 amide bonds. The minimum Gasteiger partial charge on any atom is -0.496 e. The van der Waals surface area contributed by atoms with Crippen LogP contribution in [-0.4, -0.2) is 46.8 Å². The van der Waals surface area contributed by atoms with Crippen LogP contribution >= 0.6 is 11.8 Å². The van der Waals surface area contributed by atoms with Crippen LogP contribution in [0.5, 0.6) is 17.2 Å². The molecule has 1 aromatic carbocycles. The van der Waals surface area contributed by atoms with E-state index in [9.17, 15) is 9.59 Å². The predicted molar refractivity (Wildman–Crippen MR) is 111 cm³/mol. The zero-order chi connectivity index (χ0) is 20.8. The number of nitrogens with zero attached hydrogens (tertiary/aromatic N) is 3. The van der Waals surface area contributed by atoms with E-state index in [1.807, 2.05) is 6.07 Å². The molecule has 0 bridgehead atoms. The zero-order valence-corrected chi connectivity index (χ0v) is 17.7. The highest BCUT2D eigenvalue weighted by Gasteiger charge is 2.37. The van der Waals surface area contributed by atoms with E-state index in [-0.39, 0.29) is 23.6 Å². The van der Waals surface area contributed by atoms with Gasteiger partial charge in [-0.15, -0.1) is 11.8 Å². The predicted octanol–water partition coefficient (Wildman–Crippen LogP) is 2.30. The number of carbonyl (C=O) groups excluding carboxylic acids is 1. The molecule has 1 fully saturated rings. The van der Waals surface area contributed by atoms with E-state index in [1.165, 1.54) is 4.68 Å². The van der Waals surface area contributed by atoms with Gasteiger partial charge in [-0.1, -0.05) is 0 Å². The summed E-state index contributed by atoms with van der Waals surface area (Å²) in [6.45, 7) is 2.51. The molecule has 30 heavy (non-hydrogen) atoms. The molecular weight excluding hydrogens is 406 g/mol. The molecular formula is C21H23N3O5S. The van der Waals surface area contributed by atoms with Crippen LogP contribution in [0.15, 0.2) is 23.0 Å². The van der Waals surface area contributed by atoms with Gasteiger partial charge in [-0.25, -0.2) is 4.68 Å². The normalized spacial score (nSPS) is 20.3. The second-order valence-corrected chi connectivity index (χ2v) is 8.82. The van der Waals surface area contributed by atoms with Crippen molar-refractivity contribution in [2.24, 2.45) is 0 Å². The average Bonchev–Trinajstić information content (AvgIpc) is 3.50. The van der Waals surface area contributed by atoms with Crippen molar-refractivity contribution in [3.63, 3.8) is 0 Å². The molecule has 1 aromatic heterocycles. The quantitative estimate of drug-likeness (QED) is 0.738. The molecule has 0 spiro atoms. The number of carbonyl (C=O) groups is 1. The molecule has 2 aliphatic heterocycles. The molecule has 5 rings (SSSR count). The Morgan fingerprint density at radius 1 is 1.27 bits per heavy atom. The van der Waals surface area contributed by atoms with E-state index in [1.54, 1.807) is 42.8 Å². The molecule has 1 aliphatic carbocycles. The first-order chi connectivity index (χ1) is 14.6. The van der Waals surface area contributed by atoms with Gasteiger partial charge in [-0.05, 0) is 37.8 Å². The van der Waals surface area contributed by atoms with Crippen molar-refractivity contribution < 1.29 is 19.0 Å². The third-order valence-electron chi connectivity index (χ3n) is 5.87. The van der Waals surface area contributed by atoms with E-state index in [2.05, 4.69) is 5.10 Å². The average molecular weight is 429 g/mol. The molecule has 3 heterocycles. The largest absolute Gasteiger partial charge is 0.496 e. The first kappa shape index (κ1) is 19.3. The molecule has 158 valence electrons. The van der Waals surface area contributed by atoms with E-state index in [0.29, 0.717) is 23.8 Å². The number of methoxy groups -OCH3 is 1. The van der Waals surface area contributed by atoms with Gasteiger partial charge in [0.05, 0.1) is 12.8 Å². The summed E-state index contributed by atoms with van der Waals surface area (Å²) >= 11 is 1.66. The van der Waals surface area contributed by atoms with Gasteiger partial charge in [0.25, 0.3) is 5.56 Å². The molecule has 0 N–H and O–H groups in total. The van der Waals surface area contributed by atoms with Crippen LogP contribution in [-0.2, 0) is 17.6 Å². The Labute approximate surface area is 178 Å². The maximum Gasteiger partial charge on any atom is 0.267 e. The second kappa shape index (κ2) is 7.54. The van der Waals surface area contributed by atoms with Crippen molar-refractivity contribution in [1.82, 2.24) is 14.7 Å². The zero-order valence-electron chi connectivity index (χ0n) is 16.9. The lowest BCUT2D eigenvalue weighted by molar-refractivity contribution is -0.134. The number of hydrogen-bond donors (Lipinski definition) is 0. The van der Waals surface area contributed by atoms with Crippen LogP contribution < -0.4 is 19.8 Å². The molecule has 0 saturated carbocycles. The Hall–Kier alpha value is -2.68. The molecule has 2 unspecified atom stereocenters. The van der Waals surface area contributed by atoms with Crippen molar-refractivity contribution in [2.45, 2.75) is 37.6 Å². The topological polar surface area (TPSA) is 82.9 Å². The molecule has 2 aromatic rings. The smallest absolute Gasteiger partial charge is 0.267 e. The number of benzene rings is 1. The number of amides is 1. The molecule has 3 aliphatic rings. The first-order valence-corrected chi connectivity index (χ1v) is 11.1. The number of hydrogen-bond acceptors (Lipinski definition) is 7. The van der Waals surface area contributed by atoms with Crippen LogP contribution in [0, 0.1) is 0 Å². The lowest BCUT2D eigenvalue weighted by Crippen LogP contribution is -2.40. The fourth-order valence-corrected chi connectivity index (χ4v) is 5.58. The van der Waals surface area contributed by atoms with Crippen LogP contribution in [0.3, 0.4) is 0 Å². The van der Waals surface area contributed by atoms with Gasteiger partial charge in [-0.2, -0.15) is 5.10 Å². The van der Waals surface area contributed by atoms with Crippen LogP contribution in [0.4, 0.5) is 0 Å². The van der Waals surface area contributed by atoms with Crippen LogP contribution in [0.25, 0.3) is 0 Å². The summed E-state index contributed by atoms with van der Waals surface area (Å²) in [5, 5.41) is 4.29. The van der Waals surface area contributed by atoms with Gasteiger partial charge in [0.1, 0.15) is 17.2 Å². The highest BCUT2D eigenvalue weighted by Crippen LogP contribution is 2.47. The van der Waals surface area contributed by atoms with Gasteiger partial charge >= 0.3 is 0 Å². The minimum absolute atomic E-state index is 0.128. The summed E-state index contributed by atoms with van der Waals surface area (Å²) < 4.78 is 17.9. The minimum atomic E-state index is -0.676. The Morgan fingerprint density at radius 3 is 2.87 bits per heavy atom. The fraction of sp³-hybridized carbons (Fsp3) is 0.476. The number of ether oxygens (including phenoxy) is 3. The Bertz CT molecular complexity index is 1070. The number of thioether (sulfide) groups is 1. The SMILES string of the molecule is COc1cc2c(cc1C1SCCN1C(=O)C(C)n1nc3c(cc1=O)CCC3)OCO2. The van der Waals surface area contributed by atoms with Crippen LogP contribution in [0.1, 0.15) is 41.6 Å².